The van der Waals surface area contributed by atoms with Gasteiger partial charge in [-0.25, -0.2) is 4.39 Å². The summed E-state index contributed by atoms with van der Waals surface area (Å²) in [6.45, 7) is 0.596. The Morgan fingerprint density at radius 3 is 2.90 bits per heavy atom. The van der Waals surface area contributed by atoms with Gasteiger partial charge in [0.2, 0.25) is 5.91 Å². The van der Waals surface area contributed by atoms with Crippen molar-refractivity contribution >= 4 is 17.5 Å². The van der Waals surface area contributed by atoms with Crippen LogP contribution in [-0.4, -0.2) is 17.6 Å². The van der Waals surface area contributed by atoms with Crippen molar-refractivity contribution in [2.75, 3.05) is 6.54 Å². The number of amides is 1. The van der Waals surface area contributed by atoms with Crippen LogP contribution in [0.15, 0.2) is 35.2 Å². The normalized spacial score (nSPS) is 10.6. The second-order valence-corrected chi connectivity index (χ2v) is 5.14. The van der Waals surface area contributed by atoms with Gasteiger partial charge in [-0.3, -0.25) is 4.79 Å². The minimum absolute atomic E-state index is 0.0457. The van der Waals surface area contributed by atoms with E-state index in [0.717, 1.165) is 24.0 Å². The molecule has 1 heterocycles. The van der Waals surface area contributed by atoms with E-state index in [-0.39, 0.29) is 10.9 Å². The maximum Gasteiger partial charge on any atom is 0.220 e. The maximum atomic E-state index is 13.2. The zero-order valence-electron chi connectivity index (χ0n) is 11.4. The summed E-state index contributed by atoms with van der Waals surface area (Å²) in [6, 6.07) is 4.59. The molecule has 1 aromatic heterocycles. The molecule has 0 aliphatic heterocycles. The van der Waals surface area contributed by atoms with Crippen LogP contribution >= 0.6 is 11.6 Å². The first kappa shape index (κ1) is 15.5. The molecule has 2 rings (SSSR count). The van der Waals surface area contributed by atoms with Crippen molar-refractivity contribution in [2.24, 2.45) is 0 Å². The van der Waals surface area contributed by atoms with E-state index in [4.69, 9.17) is 16.1 Å². The predicted octanol–water partition coefficient (Wildman–Crippen LogP) is 3.15. The molecule has 0 bridgehead atoms. The average Bonchev–Trinajstić information content (AvgIpc) is 2.98. The zero-order chi connectivity index (χ0) is 15.1. The van der Waals surface area contributed by atoms with Crippen molar-refractivity contribution in [3.8, 4) is 0 Å². The maximum absolute atomic E-state index is 13.2. The Morgan fingerprint density at radius 2 is 2.19 bits per heavy atom. The Labute approximate surface area is 127 Å². The highest BCUT2D eigenvalue weighted by Crippen LogP contribution is 2.16. The quantitative estimate of drug-likeness (QED) is 0.799. The Hall–Kier alpha value is -1.88. The molecule has 0 aliphatic rings. The van der Waals surface area contributed by atoms with Gasteiger partial charge in [0.25, 0.3) is 0 Å². The highest BCUT2D eigenvalue weighted by atomic mass is 35.5. The molecule has 0 saturated carbocycles. The lowest BCUT2D eigenvalue weighted by atomic mass is 10.1. The SMILES string of the molecule is O=C(CCc1ccc(Cl)c(F)c1)NCCCc1cnoc1. The van der Waals surface area contributed by atoms with Gasteiger partial charge in [-0.05, 0) is 37.0 Å². The number of hydrogen-bond donors (Lipinski definition) is 1. The van der Waals surface area contributed by atoms with E-state index in [1.165, 1.54) is 12.1 Å². The number of halogens is 2. The molecule has 6 heteroatoms. The minimum Gasteiger partial charge on any atom is -0.364 e. The van der Waals surface area contributed by atoms with Gasteiger partial charge in [-0.1, -0.05) is 22.8 Å². The molecule has 0 fully saturated rings. The van der Waals surface area contributed by atoms with Crippen molar-refractivity contribution in [1.29, 1.82) is 0 Å². The third-order valence-corrected chi connectivity index (χ3v) is 3.38. The molecular formula is C15H16ClFN2O2. The van der Waals surface area contributed by atoms with Crippen LogP contribution in [0.4, 0.5) is 4.39 Å². The fourth-order valence-corrected chi connectivity index (χ4v) is 2.03. The van der Waals surface area contributed by atoms with Crippen LogP contribution in [0.1, 0.15) is 24.0 Å². The number of hydrogen-bond acceptors (Lipinski definition) is 3. The number of aromatic nitrogens is 1. The van der Waals surface area contributed by atoms with Crippen LogP contribution in [0.3, 0.4) is 0 Å². The molecule has 0 aliphatic carbocycles. The number of aryl methyl sites for hydroxylation is 2. The van der Waals surface area contributed by atoms with Crippen molar-refractivity contribution in [1.82, 2.24) is 10.5 Å². The van der Waals surface area contributed by atoms with Crippen LogP contribution in [0.5, 0.6) is 0 Å². The monoisotopic (exact) mass is 310 g/mol. The van der Waals surface area contributed by atoms with Crippen molar-refractivity contribution in [3.63, 3.8) is 0 Å². The first-order chi connectivity index (χ1) is 10.1. The number of nitrogens with one attached hydrogen (secondary N) is 1. The van der Waals surface area contributed by atoms with Gasteiger partial charge in [0.15, 0.2) is 0 Å². The van der Waals surface area contributed by atoms with Crippen molar-refractivity contribution in [3.05, 3.63) is 52.6 Å². The summed E-state index contributed by atoms with van der Waals surface area (Å²) < 4.78 is 18.0. The van der Waals surface area contributed by atoms with E-state index in [1.807, 2.05) is 0 Å². The number of nitrogens with zero attached hydrogens (tertiary/aromatic N) is 1. The fraction of sp³-hybridized carbons (Fsp3) is 0.333. The van der Waals surface area contributed by atoms with Gasteiger partial charge >= 0.3 is 0 Å². The van der Waals surface area contributed by atoms with E-state index >= 15 is 0 Å². The summed E-state index contributed by atoms with van der Waals surface area (Å²) in [4.78, 5) is 11.7. The molecule has 1 N–H and O–H groups in total. The molecule has 1 amide bonds. The largest absolute Gasteiger partial charge is 0.364 e. The predicted molar refractivity (Wildman–Crippen MR) is 77.6 cm³/mol. The van der Waals surface area contributed by atoms with Crippen molar-refractivity contribution < 1.29 is 13.7 Å². The third-order valence-electron chi connectivity index (χ3n) is 3.07. The molecular weight excluding hydrogens is 295 g/mol. The number of carbonyl (C=O) groups is 1. The van der Waals surface area contributed by atoms with Crippen LogP contribution in [0.25, 0.3) is 0 Å². The molecule has 0 atom stereocenters. The molecule has 0 saturated heterocycles. The lowest BCUT2D eigenvalue weighted by Crippen LogP contribution is -2.24. The summed E-state index contributed by atoms with van der Waals surface area (Å²) in [7, 11) is 0. The lowest BCUT2D eigenvalue weighted by Gasteiger charge is -2.05. The molecule has 21 heavy (non-hydrogen) atoms. The van der Waals surface area contributed by atoms with E-state index in [0.29, 0.717) is 19.4 Å². The fourth-order valence-electron chi connectivity index (χ4n) is 1.91. The molecule has 0 spiro atoms. The number of carbonyl (C=O) groups excluding carboxylic acids is 1. The first-order valence-electron chi connectivity index (χ1n) is 6.74. The van der Waals surface area contributed by atoms with Crippen LogP contribution < -0.4 is 5.32 Å². The summed E-state index contributed by atoms with van der Waals surface area (Å²) in [5, 5.41) is 6.54. The molecule has 2 aromatic rings. The first-order valence-corrected chi connectivity index (χ1v) is 7.12. The molecule has 4 nitrogen and oxygen atoms in total. The summed E-state index contributed by atoms with van der Waals surface area (Å²) in [5.74, 6) is -0.501. The lowest BCUT2D eigenvalue weighted by molar-refractivity contribution is -0.121. The Bertz CT molecular complexity index is 587. The molecule has 0 radical (unpaired) electrons. The van der Waals surface area contributed by atoms with Gasteiger partial charge in [-0.2, -0.15) is 0 Å². The smallest absolute Gasteiger partial charge is 0.220 e. The van der Waals surface area contributed by atoms with E-state index in [9.17, 15) is 9.18 Å². The van der Waals surface area contributed by atoms with Gasteiger partial charge in [-0.15, -0.1) is 0 Å². The van der Waals surface area contributed by atoms with Gasteiger partial charge in [0.05, 0.1) is 11.2 Å². The second-order valence-electron chi connectivity index (χ2n) is 4.73. The van der Waals surface area contributed by atoms with E-state index in [2.05, 4.69) is 10.5 Å². The van der Waals surface area contributed by atoms with Crippen LogP contribution in [0, 0.1) is 5.82 Å². The van der Waals surface area contributed by atoms with Gasteiger partial charge < -0.3 is 9.84 Å². The van der Waals surface area contributed by atoms with Gasteiger partial charge in [0.1, 0.15) is 12.1 Å². The van der Waals surface area contributed by atoms with Crippen LogP contribution in [-0.2, 0) is 17.6 Å². The molecule has 112 valence electrons. The number of benzene rings is 1. The van der Waals surface area contributed by atoms with Crippen molar-refractivity contribution in [2.45, 2.75) is 25.7 Å². The summed E-state index contributed by atoms with van der Waals surface area (Å²) in [5.41, 5.74) is 1.78. The van der Waals surface area contributed by atoms with E-state index < -0.39 is 5.82 Å². The second kappa shape index (κ2) is 7.78. The summed E-state index contributed by atoms with van der Waals surface area (Å²) >= 11 is 5.60. The van der Waals surface area contributed by atoms with E-state index in [1.54, 1.807) is 18.5 Å². The highest BCUT2D eigenvalue weighted by Gasteiger charge is 2.05. The Kier molecular flexibility index (Phi) is 5.75. The zero-order valence-corrected chi connectivity index (χ0v) is 12.2. The van der Waals surface area contributed by atoms with Crippen LogP contribution in [0.2, 0.25) is 5.02 Å². The third kappa shape index (κ3) is 5.19. The number of rotatable bonds is 7. The average molecular weight is 311 g/mol. The topological polar surface area (TPSA) is 55.1 Å². The highest BCUT2D eigenvalue weighted by molar-refractivity contribution is 6.30. The Balaban J connectivity index is 1.64. The molecule has 0 unspecified atom stereocenters. The van der Waals surface area contributed by atoms with Gasteiger partial charge in [0, 0.05) is 18.5 Å². The molecule has 1 aromatic carbocycles. The minimum atomic E-state index is -0.455. The standard InChI is InChI=1S/C15H16ClFN2O2/c16-13-5-3-11(8-14(13)17)4-6-15(20)18-7-1-2-12-9-19-21-10-12/h3,5,8-10H,1-2,4,6-7H2,(H,18,20). The Morgan fingerprint density at radius 1 is 1.33 bits per heavy atom. The summed E-state index contributed by atoms with van der Waals surface area (Å²) in [6.07, 6.45) is 5.71.